The Bertz CT molecular complexity index is 550. The number of carboxylic acids is 1. The number of nitrogens with one attached hydrogen (secondary N) is 2. The number of urea groups is 1. The number of benzene rings is 1. The van der Waals surface area contributed by atoms with Gasteiger partial charge in [0, 0.05) is 34.5 Å². The Morgan fingerprint density at radius 3 is 2.65 bits per heavy atom. The average Bonchev–Trinajstić information content (AvgIpc) is 2.37. The highest BCUT2D eigenvalue weighted by molar-refractivity contribution is 7.84. The summed E-state index contributed by atoms with van der Waals surface area (Å²) in [4.78, 5) is 22.5. The normalized spacial score (nSPS) is 13.3. The average molecular weight is 319 g/mol. The SMILES string of the molecule is CC(CNC(=O)Nc1ccc(Cl)c(C(=O)O)c1)S(C)=O. The molecule has 0 aliphatic heterocycles. The zero-order chi connectivity index (χ0) is 15.3. The lowest BCUT2D eigenvalue weighted by Crippen LogP contribution is -2.35. The third-order valence-corrected chi connectivity index (χ3v) is 4.20. The van der Waals surface area contributed by atoms with Crippen molar-refractivity contribution in [3.63, 3.8) is 0 Å². The Morgan fingerprint density at radius 1 is 1.45 bits per heavy atom. The van der Waals surface area contributed by atoms with E-state index in [4.69, 9.17) is 16.7 Å². The van der Waals surface area contributed by atoms with Crippen LogP contribution in [-0.4, -0.2) is 39.4 Å². The summed E-state index contributed by atoms with van der Waals surface area (Å²) in [5.41, 5.74) is 0.224. The lowest BCUT2D eigenvalue weighted by atomic mass is 10.2. The van der Waals surface area contributed by atoms with Crippen molar-refractivity contribution in [1.29, 1.82) is 0 Å². The highest BCUT2D eigenvalue weighted by Crippen LogP contribution is 2.20. The lowest BCUT2D eigenvalue weighted by molar-refractivity contribution is 0.0697. The van der Waals surface area contributed by atoms with E-state index in [9.17, 15) is 13.8 Å². The van der Waals surface area contributed by atoms with E-state index in [0.717, 1.165) is 0 Å². The highest BCUT2D eigenvalue weighted by Gasteiger charge is 2.12. The molecule has 3 N–H and O–H groups in total. The quantitative estimate of drug-likeness (QED) is 0.773. The van der Waals surface area contributed by atoms with Crippen LogP contribution in [0.1, 0.15) is 17.3 Å². The van der Waals surface area contributed by atoms with Crippen LogP contribution >= 0.6 is 11.6 Å². The fourth-order valence-electron chi connectivity index (χ4n) is 1.30. The van der Waals surface area contributed by atoms with E-state index in [0.29, 0.717) is 5.69 Å². The van der Waals surface area contributed by atoms with E-state index in [1.807, 2.05) is 0 Å². The van der Waals surface area contributed by atoms with Gasteiger partial charge in [-0.1, -0.05) is 11.6 Å². The molecule has 0 spiro atoms. The second-order valence-electron chi connectivity index (χ2n) is 4.14. The summed E-state index contributed by atoms with van der Waals surface area (Å²) in [6, 6.07) is 3.66. The monoisotopic (exact) mass is 318 g/mol. The Labute approximate surface area is 124 Å². The molecular formula is C12H15ClN2O4S. The highest BCUT2D eigenvalue weighted by atomic mass is 35.5. The van der Waals surface area contributed by atoms with Crippen molar-refractivity contribution in [3.8, 4) is 0 Å². The number of carbonyl (C=O) groups is 2. The largest absolute Gasteiger partial charge is 0.478 e. The van der Waals surface area contributed by atoms with Crippen molar-refractivity contribution in [2.45, 2.75) is 12.2 Å². The van der Waals surface area contributed by atoms with Crippen LogP contribution in [0.2, 0.25) is 5.02 Å². The predicted octanol–water partition coefficient (Wildman–Crippen LogP) is 1.93. The second-order valence-corrected chi connectivity index (χ2v) is 6.35. The summed E-state index contributed by atoms with van der Waals surface area (Å²) in [5.74, 6) is -1.17. The molecule has 0 aliphatic carbocycles. The zero-order valence-electron chi connectivity index (χ0n) is 11.0. The minimum atomic E-state index is -1.17. The Balaban J connectivity index is 2.65. The smallest absolute Gasteiger partial charge is 0.337 e. The standard InChI is InChI=1S/C12H15ClN2O4S/c1-7(20(2)19)6-14-12(18)15-8-3-4-10(13)9(5-8)11(16)17/h3-5,7H,6H2,1-2H3,(H,16,17)(H2,14,15,18). The molecule has 0 fully saturated rings. The molecule has 1 aromatic carbocycles. The van der Waals surface area contributed by atoms with Gasteiger partial charge in [0.1, 0.15) is 0 Å². The first-order valence-corrected chi connectivity index (χ1v) is 7.71. The number of aromatic carboxylic acids is 1. The Kier molecular flexibility index (Phi) is 5.97. The number of amides is 2. The summed E-state index contributed by atoms with van der Waals surface area (Å²) in [7, 11) is -1.02. The number of carboxylic acid groups (broad SMARTS) is 1. The zero-order valence-corrected chi connectivity index (χ0v) is 12.5. The summed E-state index contributed by atoms with van der Waals surface area (Å²) in [6.07, 6.45) is 1.56. The molecule has 0 aromatic heterocycles. The first-order valence-electron chi connectivity index (χ1n) is 5.71. The van der Waals surface area contributed by atoms with Gasteiger partial charge in [0.25, 0.3) is 0 Å². The number of hydrogen-bond donors (Lipinski definition) is 3. The molecule has 0 radical (unpaired) electrons. The minimum Gasteiger partial charge on any atom is -0.478 e. The van der Waals surface area contributed by atoms with Gasteiger partial charge in [-0.15, -0.1) is 0 Å². The van der Waals surface area contributed by atoms with E-state index < -0.39 is 22.8 Å². The molecule has 1 aromatic rings. The van der Waals surface area contributed by atoms with Crippen molar-refractivity contribution in [2.24, 2.45) is 0 Å². The van der Waals surface area contributed by atoms with Crippen LogP contribution in [0.15, 0.2) is 18.2 Å². The predicted molar refractivity (Wildman–Crippen MR) is 79.0 cm³/mol. The number of hydrogen-bond acceptors (Lipinski definition) is 3. The van der Waals surface area contributed by atoms with Crippen LogP contribution in [0.4, 0.5) is 10.5 Å². The molecule has 2 unspecified atom stereocenters. The molecule has 1 rings (SSSR count). The van der Waals surface area contributed by atoms with Gasteiger partial charge in [-0.2, -0.15) is 0 Å². The summed E-state index contributed by atoms with van der Waals surface area (Å²) >= 11 is 5.72. The van der Waals surface area contributed by atoms with Gasteiger partial charge in [0.15, 0.2) is 0 Å². The van der Waals surface area contributed by atoms with E-state index in [-0.39, 0.29) is 22.4 Å². The van der Waals surface area contributed by atoms with Gasteiger partial charge in [-0.05, 0) is 25.1 Å². The molecule has 6 nitrogen and oxygen atoms in total. The van der Waals surface area contributed by atoms with Gasteiger partial charge in [0.05, 0.1) is 10.6 Å². The summed E-state index contributed by atoms with van der Waals surface area (Å²) < 4.78 is 11.1. The summed E-state index contributed by atoms with van der Waals surface area (Å²) in [6.45, 7) is 2.01. The van der Waals surface area contributed by atoms with Crippen molar-refractivity contribution < 1.29 is 18.9 Å². The number of carbonyl (C=O) groups excluding carboxylic acids is 1. The van der Waals surface area contributed by atoms with Gasteiger partial charge in [-0.3, -0.25) is 4.21 Å². The van der Waals surface area contributed by atoms with Crippen LogP contribution < -0.4 is 10.6 Å². The van der Waals surface area contributed by atoms with Gasteiger partial charge in [-0.25, -0.2) is 9.59 Å². The van der Waals surface area contributed by atoms with E-state index in [1.54, 1.807) is 13.2 Å². The molecule has 0 aliphatic rings. The molecule has 2 amide bonds. The molecule has 2 atom stereocenters. The minimum absolute atomic E-state index is 0.0903. The van der Waals surface area contributed by atoms with Crippen LogP contribution in [0.25, 0.3) is 0 Å². The molecular weight excluding hydrogens is 304 g/mol. The van der Waals surface area contributed by atoms with Crippen molar-refractivity contribution >= 4 is 40.1 Å². The van der Waals surface area contributed by atoms with E-state index in [2.05, 4.69) is 10.6 Å². The van der Waals surface area contributed by atoms with E-state index >= 15 is 0 Å². The van der Waals surface area contributed by atoms with Crippen molar-refractivity contribution in [3.05, 3.63) is 28.8 Å². The summed E-state index contributed by atoms with van der Waals surface area (Å²) in [5, 5.41) is 13.9. The fraction of sp³-hybridized carbons (Fsp3) is 0.333. The maximum absolute atomic E-state index is 11.6. The molecule has 0 saturated heterocycles. The molecule has 0 heterocycles. The van der Waals surface area contributed by atoms with Crippen LogP contribution in [0.5, 0.6) is 0 Å². The van der Waals surface area contributed by atoms with Crippen molar-refractivity contribution in [2.75, 3.05) is 18.1 Å². The molecule has 20 heavy (non-hydrogen) atoms. The number of halogens is 1. The van der Waals surface area contributed by atoms with Crippen LogP contribution in [0, 0.1) is 0 Å². The van der Waals surface area contributed by atoms with Crippen LogP contribution in [0.3, 0.4) is 0 Å². The topological polar surface area (TPSA) is 95.5 Å². The van der Waals surface area contributed by atoms with Crippen LogP contribution in [-0.2, 0) is 10.8 Å². The van der Waals surface area contributed by atoms with E-state index in [1.165, 1.54) is 18.2 Å². The number of rotatable bonds is 5. The Morgan fingerprint density at radius 2 is 2.10 bits per heavy atom. The van der Waals surface area contributed by atoms with Crippen molar-refractivity contribution in [1.82, 2.24) is 5.32 Å². The molecule has 8 heteroatoms. The molecule has 0 bridgehead atoms. The number of anilines is 1. The second kappa shape index (κ2) is 7.25. The Hall–Kier alpha value is -1.60. The third-order valence-electron chi connectivity index (χ3n) is 2.57. The molecule has 0 saturated carbocycles. The van der Waals surface area contributed by atoms with Gasteiger partial charge in [0.2, 0.25) is 0 Å². The first kappa shape index (κ1) is 16.5. The molecule has 110 valence electrons. The maximum atomic E-state index is 11.6. The third kappa shape index (κ3) is 4.82. The maximum Gasteiger partial charge on any atom is 0.337 e. The first-order chi connectivity index (χ1) is 9.31. The van der Waals surface area contributed by atoms with Gasteiger partial charge >= 0.3 is 12.0 Å². The van der Waals surface area contributed by atoms with Gasteiger partial charge < -0.3 is 15.7 Å². The fourth-order valence-corrected chi connectivity index (χ4v) is 1.81. The lowest BCUT2D eigenvalue weighted by Gasteiger charge is -2.11.